The van der Waals surface area contributed by atoms with Crippen LogP contribution in [0, 0.1) is 0 Å². The average Bonchev–Trinajstić information content (AvgIpc) is 3.23. The van der Waals surface area contributed by atoms with Gasteiger partial charge in [-0.1, -0.05) is 6.07 Å². The Morgan fingerprint density at radius 3 is 2.27 bits per heavy atom. The van der Waals surface area contributed by atoms with Gasteiger partial charge >= 0.3 is 0 Å². The largest absolute Gasteiger partial charge is 0.324 e. The second-order valence-electron chi connectivity index (χ2n) is 6.24. The minimum absolute atomic E-state index is 0.221. The van der Waals surface area contributed by atoms with Crippen LogP contribution in [0.1, 0.15) is 13.0 Å². The third-order valence-corrected chi connectivity index (χ3v) is 6.35. The molecule has 1 heterocycles. The van der Waals surface area contributed by atoms with Crippen LogP contribution in [0.25, 0.3) is 0 Å². The molecule has 0 radical (unpaired) electrons. The van der Waals surface area contributed by atoms with Crippen molar-refractivity contribution < 1.29 is 21.6 Å². The number of rotatable bonds is 7. The van der Waals surface area contributed by atoms with Gasteiger partial charge in [0.1, 0.15) is 18.7 Å². The first-order chi connectivity index (χ1) is 14.1. The summed E-state index contributed by atoms with van der Waals surface area (Å²) in [5, 5.41) is 11.6. The molecule has 0 fully saturated rings. The predicted molar refractivity (Wildman–Crippen MR) is 108 cm³/mol. The van der Waals surface area contributed by atoms with Crippen molar-refractivity contribution in [1.29, 1.82) is 0 Å². The molecule has 4 N–H and O–H groups in total. The fourth-order valence-electron chi connectivity index (χ4n) is 2.44. The van der Waals surface area contributed by atoms with E-state index in [1.165, 1.54) is 59.8 Å². The number of primary sulfonamides is 1. The Hall–Kier alpha value is -3.29. The molecule has 30 heavy (non-hydrogen) atoms. The molecule has 2 aromatic carbocycles. The molecule has 1 amide bonds. The van der Waals surface area contributed by atoms with Gasteiger partial charge in [0.25, 0.3) is 10.0 Å². The quantitative estimate of drug-likeness (QED) is 0.481. The highest BCUT2D eigenvalue weighted by Crippen LogP contribution is 2.21. The summed E-state index contributed by atoms with van der Waals surface area (Å²) in [5.41, 5.74) is 0.671. The first kappa shape index (κ1) is 21.4. The van der Waals surface area contributed by atoms with Gasteiger partial charge in [-0.05, 0) is 49.4 Å². The molecule has 158 valence electrons. The van der Waals surface area contributed by atoms with Crippen molar-refractivity contribution in [2.75, 3.05) is 10.0 Å². The number of aromatic nitrogens is 3. The van der Waals surface area contributed by atoms with Crippen LogP contribution in [0.4, 0.5) is 11.4 Å². The molecular weight excluding hydrogens is 432 g/mol. The number of nitrogens with two attached hydrogens (primary N) is 1. The summed E-state index contributed by atoms with van der Waals surface area (Å²) in [4.78, 5) is 15.5. The molecule has 1 atom stereocenters. The fraction of sp³-hybridized carbons (Fsp3) is 0.118. The Morgan fingerprint density at radius 2 is 1.67 bits per heavy atom. The summed E-state index contributed by atoms with van der Waals surface area (Å²) < 4.78 is 51.7. The van der Waals surface area contributed by atoms with Gasteiger partial charge in [-0.2, -0.15) is 5.10 Å². The van der Waals surface area contributed by atoms with Gasteiger partial charge in [-0.15, -0.1) is 0 Å². The van der Waals surface area contributed by atoms with Crippen molar-refractivity contribution in [3.63, 3.8) is 0 Å². The summed E-state index contributed by atoms with van der Waals surface area (Å²) in [7, 11) is -8.09. The summed E-state index contributed by atoms with van der Waals surface area (Å²) in [6, 6.07) is 10.1. The van der Waals surface area contributed by atoms with Crippen LogP contribution in [0.3, 0.4) is 0 Å². The smallest absolute Gasteiger partial charge is 0.261 e. The minimum Gasteiger partial charge on any atom is -0.324 e. The maximum absolute atomic E-state index is 12.5. The van der Waals surface area contributed by atoms with Crippen molar-refractivity contribution in [2.45, 2.75) is 22.8 Å². The zero-order valence-electron chi connectivity index (χ0n) is 15.6. The van der Waals surface area contributed by atoms with Crippen molar-refractivity contribution in [3.8, 4) is 0 Å². The minimum atomic E-state index is -4.05. The van der Waals surface area contributed by atoms with Crippen molar-refractivity contribution >= 4 is 37.3 Å². The number of anilines is 2. The number of benzene rings is 2. The Morgan fingerprint density at radius 1 is 1.03 bits per heavy atom. The lowest BCUT2D eigenvalue weighted by Crippen LogP contribution is -2.24. The van der Waals surface area contributed by atoms with Gasteiger partial charge in [0.05, 0.1) is 9.79 Å². The van der Waals surface area contributed by atoms with Crippen LogP contribution in [0.5, 0.6) is 0 Å². The van der Waals surface area contributed by atoms with Gasteiger partial charge in [-0.3, -0.25) is 9.52 Å². The number of sulfonamides is 2. The Bertz CT molecular complexity index is 1260. The Kier molecular flexibility index (Phi) is 5.87. The Balaban J connectivity index is 1.71. The number of carbonyl (C=O) groups excluding carboxylic acids is 1. The van der Waals surface area contributed by atoms with E-state index >= 15 is 0 Å². The number of hydrogen-bond acceptors (Lipinski definition) is 7. The molecule has 11 nitrogen and oxygen atoms in total. The molecule has 0 aliphatic carbocycles. The summed E-state index contributed by atoms with van der Waals surface area (Å²) in [6.45, 7) is 1.65. The van der Waals surface area contributed by atoms with Crippen LogP contribution in [-0.4, -0.2) is 37.5 Å². The van der Waals surface area contributed by atoms with Crippen LogP contribution in [0.2, 0.25) is 0 Å². The standard InChI is InChI=1S/C17H18N6O5S2/c1-12(23-11-19-10-20-23)17(24)21-13-5-7-14(8-6-13)22-30(27,28)16-4-2-3-15(9-16)29(18,25)26/h2-12,22H,1H3,(H,21,24)(H2,18,25,26). The van der Waals surface area contributed by atoms with Crippen LogP contribution >= 0.6 is 0 Å². The van der Waals surface area contributed by atoms with Gasteiger partial charge in [0.15, 0.2) is 0 Å². The molecule has 1 aromatic heterocycles. The fourth-order valence-corrected chi connectivity index (χ4v) is 4.18. The summed E-state index contributed by atoms with van der Waals surface area (Å²) in [6.07, 6.45) is 2.75. The van der Waals surface area contributed by atoms with E-state index in [0.717, 1.165) is 6.07 Å². The van der Waals surface area contributed by atoms with Gasteiger partial charge in [0.2, 0.25) is 15.9 Å². The molecule has 0 aliphatic heterocycles. The van der Waals surface area contributed by atoms with E-state index in [9.17, 15) is 21.6 Å². The van der Waals surface area contributed by atoms with E-state index in [4.69, 9.17) is 5.14 Å². The van der Waals surface area contributed by atoms with Crippen molar-refractivity contribution in [1.82, 2.24) is 14.8 Å². The second kappa shape index (κ2) is 8.22. The van der Waals surface area contributed by atoms with Crippen LogP contribution in [0.15, 0.2) is 71.0 Å². The summed E-state index contributed by atoms with van der Waals surface area (Å²) in [5.74, 6) is -0.325. The first-order valence-corrected chi connectivity index (χ1v) is 11.5. The number of amides is 1. The maximum atomic E-state index is 12.5. The molecule has 0 saturated heterocycles. The van der Waals surface area contributed by atoms with Gasteiger partial charge in [-0.25, -0.2) is 31.6 Å². The van der Waals surface area contributed by atoms with Crippen LogP contribution < -0.4 is 15.2 Å². The summed E-state index contributed by atoms with van der Waals surface area (Å²) >= 11 is 0. The molecule has 0 spiro atoms. The number of hydrogen-bond donors (Lipinski definition) is 3. The monoisotopic (exact) mass is 450 g/mol. The van der Waals surface area contributed by atoms with Gasteiger partial charge in [0, 0.05) is 11.4 Å². The van der Waals surface area contributed by atoms with E-state index in [1.807, 2.05) is 0 Å². The normalized spacial score (nSPS) is 12.9. The van der Waals surface area contributed by atoms with E-state index in [1.54, 1.807) is 6.92 Å². The van der Waals surface area contributed by atoms with E-state index in [0.29, 0.717) is 5.69 Å². The number of nitrogens with zero attached hydrogens (tertiary/aromatic N) is 3. The average molecular weight is 451 g/mol. The molecule has 0 bridgehead atoms. The molecule has 13 heteroatoms. The lowest BCUT2D eigenvalue weighted by molar-refractivity contribution is -0.119. The van der Waals surface area contributed by atoms with Gasteiger partial charge < -0.3 is 5.32 Å². The molecule has 0 aliphatic rings. The third kappa shape index (κ3) is 5.00. The molecule has 3 aromatic rings. The maximum Gasteiger partial charge on any atom is 0.261 e. The highest BCUT2D eigenvalue weighted by Gasteiger charge is 2.18. The third-order valence-electron chi connectivity index (χ3n) is 4.06. The zero-order chi connectivity index (χ0) is 21.9. The van der Waals surface area contributed by atoms with Crippen LogP contribution in [-0.2, 0) is 24.8 Å². The zero-order valence-corrected chi connectivity index (χ0v) is 17.3. The van der Waals surface area contributed by atoms with Crippen molar-refractivity contribution in [3.05, 3.63) is 61.2 Å². The lowest BCUT2D eigenvalue weighted by Gasteiger charge is -2.13. The van der Waals surface area contributed by atoms with E-state index < -0.39 is 26.1 Å². The van der Waals surface area contributed by atoms with Crippen molar-refractivity contribution in [2.24, 2.45) is 5.14 Å². The van der Waals surface area contributed by atoms with E-state index in [-0.39, 0.29) is 21.4 Å². The SMILES string of the molecule is CC(C(=O)Nc1ccc(NS(=O)(=O)c2cccc(S(N)(=O)=O)c2)cc1)n1cncn1. The predicted octanol–water partition coefficient (Wildman–Crippen LogP) is 0.926. The lowest BCUT2D eigenvalue weighted by atomic mass is 10.2. The Labute approximate surface area is 173 Å². The topological polar surface area (TPSA) is 166 Å². The second-order valence-corrected chi connectivity index (χ2v) is 9.49. The molecular formula is C17H18N6O5S2. The first-order valence-electron chi connectivity index (χ1n) is 8.47. The molecule has 3 rings (SSSR count). The molecule has 1 unspecified atom stereocenters. The molecule has 0 saturated carbocycles. The highest BCUT2D eigenvalue weighted by atomic mass is 32.2. The number of nitrogens with one attached hydrogen (secondary N) is 2. The van der Waals surface area contributed by atoms with E-state index in [2.05, 4.69) is 20.1 Å². The number of carbonyl (C=O) groups is 1. The highest BCUT2D eigenvalue weighted by molar-refractivity contribution is 7.93.